The molecule has 0 radical (unpaired) electrons. The molecular formula is C15H22O3. The number of hydrogen-bond acceptors (Lipinski definition) is 3. The van der Waals surface area contributed by atoms with Crippen molar-refractivity contribution in [3.8, 4) is 0 Å². The van der Waals surface area contributed by atoms with E-state index in [1.165, 1.54) is 5.57 Å². The lowest BCUT2D eigenvalue weighted by molar-refractivity contribution is -0.212. The van der Waals surface area contributed by atoms with Crippen LogP contribution in [0.5, 0.6) is 0 Å². The fraction of sp³-hybridized carbons (Fsp3) is 0.733. The highest BCUT2D eigenvalue weighted by molar-refractivity contribution is 5.30. The number of allylic oxidation sites excluding steroid dienone is 2. The first-order valence-corrected chi connectivity index (χ1v) is 6.97. The lowest BCUT2D eigenvalue weighted by atomic mass is 9.71. The molecule has 3 fully saturated rings. The number of aliphatic hydroxyl groups excluding tert-OH is 1. The molecule has 0 aromatic heterocycles. The predicted octanol–water partition coefficient (Wildman–Crippen LogP) is 2.41. The average Bonchev–Trinajstić information content (AvgIpc) is 2.97. The molecule has 1 aliphatic heterocycles. The largest absolute Gasteiger partial charge is 0.396 e. The van der Waals surface area contributed by atoms with Crippen LogP contribution in [0.4, 0.5) is 0 Å². The molecule has 3 aliphatic rings. The van der Waals surface area contributed by atoms with Gasteiger partial charge in [-0.2, -0.15) is 0 Å². The Balaban J connectivity index is 1.87. The summed E-state index contributed by atoms with van der Waals surface area (Å²) in [5.41, 5.74) is 1.58. The van der Waals surface area contributed by atoms with Crippen molar-refractivity contribution in [2.75, 3.05) is 19.8 Å². The van der Waals surface area contributed by atoms with E-state index in [2.05, 4.69) is 18.7 Å². The molecule has 1 saturated heterocycles. The SMILES string of the molecule is C=C[C@]12CCC3(OCCO3)[C@H](C/C1=C\CCO)C2. The lowest BCUT2D eigenvalue weighted by Crippen LogP contribution is -2.42. The third-order valence-electron chi connectivity index (χ3n) is 4.94. The summed E-state index contributed by atoms with van der Waals surface area (Å²) in [5, 5.41) is 9.01. The first kappa shape index (κ1) is 12.4. The summed E-state index contributed by atoms with van der Waals surface area (Å²) in [6.45, 7) is 5.72. The summed E-state index contributed by atoms with van der Waals surface area (Å²) in [7, 11) is 0. The summed E-state index contributed by atoms with van der Waals surface area (Å²) in [6, 6.07) is 0. The molecule has 3 rings (SSSR count). The number of ether oxygens (including phenoxy) is 2. The molecule has 2 saturated carbocycles. The standard InChI is InChI=1S/C15H22O3/c1-2-14-5-6-15(17-8-9-18-15)13(11-14)10-12(14)4-3-7-16/h2,4,13,16H,1,3,5-11H2/b12-4+/t13-,14-/m1/s1. The molecule has 100 valence electrons. The molecule has 1 heterocycles. The van der Waals surface area contributed by atoms with Crippen molar-refractivity contribution < 1.29 is 14.6 Å². The first-order chi connectivity index (χ1) is 8.75. The molecular weight excluding hydrogens is 228 g/mol. The van der Waals surface area contributed by atoms with E-state index in [1.807, 2.05) is 0 Å². The number of hydrogen-bond donors (Lipinski definition) is 1. The quantitative estimate of drug-likeness (QED) is 0.782. The minimum absolute atomic E-state index is 0.139. The Morgan fingerprint density at radius 3 is 2.78 bits per heavy atom. The van der Waals surface area contributed by atoms with Crippen LogP contribution in [0.1, 0.15) is 32.1 Å². The zero-order chi connectivity index (χ0) is 12.6. The highest BCUT2D eigenvalue weighted by Crippen LogP contribution is 2.60. The highest BCUT2D eigenvalue weighted by atomic mass is 16.7. The Morgan fingerprint density at radius 1 is 1.33 bits per heavy atom. The van der Waals surface area contributed by atoms with Crippen LogP contribution in [0.2, 0.25) is 0 Å². The first-order valence-electron chi connectivity index (χ1n) is 6.97. The van der Waals surface area contributed by atoms with Crippen molar-refractivity contribution in [2.24, 2.45) is 11.3 Å². The predicted molar refractivity (Wildman–Crippen MR) is 69.0 cm³/mol. The second-order valence-electron chi connectivity index (χ2n) is 5.72. The van der Waals surface area contributed by atoms with Crippen LogP contribution < -0.4 is 0 Å². The number of aliphatic hydroxyl groups is 1. The van der Waals surface area contributed by atoms with Crippen LogP contribution in [-0.2, 0) is 9.47 Å². The molecule has 1 spiro atoms. The van der Waals surface area contributed by atoms with Gasteiger partial charge in [0, 0.05) is 24.4 Å². The van der Waals surface area contributed by atoms with E-state index in [9.17, 15) is 0 Å². The van der Waals surface area contributed by atoms with Gasteiger partial charge in [-0.1, -0.05) is 17.7 Å². The molecule has 2 atom stereocenters. The van der Waals surface area contributed by atoms with Crippen LogP contribution >= 0.6 is 0 Å². The summed E-state index contributed by atoms with van der Waals surface area (Å²) in [4.78, 5) is 0. The Labute approximate surface area is 108 Å². The zero-order valence-electron chi connectivity index (χ0n) is 10.9. The van der Waals surface area contributed by atoms with Crippen molar-refractivity contribution in [2.45, 2.75) is 37.9 Å². The zero-order valence-corrected chi connectivity index (χ0v) is 10.9. The minimum atomic E-state index is -0.318. The number of fused-ring (bicyclic) bond motifs is 3. The summed E-state index contributed by atoms with van der Waals surface area (Å²) in [5.74, 6) is 0.137. The van der Waals surface area contributed by atoms with Crippen LogP contribution in [0, 0.1) is 11.3 Å². The van der Waals surface area contributed by atoms with Crippen molar-refractivity contribution in [3.05, 3.63) is 24.3 Å². The van der Waals surface area contributed by atoms with Crippen LogP contribution in [-0.4, -0.2) is 30.7 Å². The van der Waals surface area contributed by atoms with E-state index < -0.39 is 0 Å². The minimum Gasteiger partial charge on any atom is -0.396 e. The number of rotatable bonds is 3. The third kappa shape index (κ3) is 1.68. The van der Waals surface area contributed by atoms with Crippen molar-refractivity contribution >= 4 is 0 Å². The Bertz CT molecular complexity index is 368. The average molecular weight is 250 g/mol. The highest BCUT2D eigenvalue weighted by Gasteiger charge is 2.57. The van der Waals surface area contributed by atoms with Crippen LogP contribution in [0.3, 0.4) is 0 Å². The van der Waals surface area contributed by atoms with Crippen LogP contribution in [0.15, 0.2) is 24.3 Å². The molecule has 1 N–H and O–H groups in total. The van der Waals surface area contributed by atoms with E-state index >= 15 is 0 Å². The summed E-state index contributed by atoms with van der Waals surface area (Å²) in [6.07, 6.45) is 9.21. The molecule has 18 heavy (non-hydrogen) atoms. The summed E-state index contributed by atoms with van der Waals surface area (Å²) < 4.78 is 11.8. The molecule has 2 aliphatic carbocycles. The smallest absolute Gasteiger partial charge is 0.171 e. The van der Waals surface area contributed by atoms with Gasteiger partial charge >= 0.3 is 0 Å². The molecule has 0 aromatic carbocycles. The van der Waals surface area contributed by atoms with Gasteiger partial charge in [-0.3, -0.25) is 0 Å². The van der Waals surface area contributed by atoms with E-state index in [-0.39, 0.29) is 17.8 Å². The molecule has 0 amide bonds. The maximum absolute atomic E-state index is 9.01. The topological polar surface area (TPSA) is 38.7 Å². The molecule has 0 aromatic rings. The maximum Gasteiger partial charge on any atom is 0.171 e. The van der Waals surface area contributed by atoms with Crippen LogP contribution in [0.25, 0.3) is 0 Å². The monoisotopic (exact) mass is 250 g/mol. The third-order valence-corrected chi connectivity index (χ3v) is 4.94. The lowest BCUT2D eigenvalue weighted by Gasteiger charge is -2.41. The Hall–Kier alpha value is -0.640. The summed E-state index contributed by atoms with van der Waals surface area (Å²) >= 11 is 0. The molecule has 3 heteroatoms. The van der Waals surface area contributed by atoms with Gasteiger partial charge in [0.15, 0.2) is 5.79 Å². The van der Waals surface area contributed by atoms with E-state index in [0.717, 1.165) is 45.3 Å². The van der Waals surface area contributed by atoms with Gasteiger partial charge in [0.25, 0.3) is 0 Å². The Morgan fingerprint density at radius 2 is 2.11 bits per heavy atom. The fourth-order valence-electron chi connectivity index (χ4n) is 3.98. The second-order valence-corrected chi connectivity index (χ2v) is 5.72. The Kier molecular flexibility index (Phi) is 3.08. The van der Waals surface area contributed by atoms with Gasteiger partial charge in [-0.15, -0.1) is 6.58 Å². The van der Waals surface area contributed by atoms with Gasteiger partial charge in [-0.05, 0) is 25.7 Å². The van der Waals surface area contributed by atoms with E-state index in [1.54, 1.807) is 0 Å². The van der Waals surface area contributed by atoms with E-state index in [4.69, 9.17) is 14.6 Å². The van der Waals surface area contributed by atoms with Crippen molar-refractivity contribution in [1.29, 1.82) is 0 Å². The fourth-order valence-corrected chi connectivity index (χ4v) is 3.98. The normalized spacial score (nSPS) is 39.6. The van der Waals surface area contributed by atoms with Gasteiger partial charge in [-0.25, -0.2) is 0 Å². The molecule has 2 bridgehead atoms. The second kappa shape index (κ2) is 4.48. The van der Waals surface area contributed by atoms with Gasteiger partial charge in [0.2, 0.25) is 0 Å². The maximum atomic E-state index is 9.01. The van der Waals surface area contributed by atoms with E-state index in [0.29, 0.717) is 5.92 Å². The van der Waals surface area contributed by atoms with Gasteiger partial charge in [0.05, 0.1) is 13.2 Å². The van der Waals surface area contributed by atoms with Crippen molar-refractivity contribution in [3.63, 3.8) is 0 Å². The van der Waals surface area contributed by atoms with Gasteiger partial charge < -0.3 is 14.6 Å². The van der Waals surface area contributed by atoms with Crippen molar-refractivity contribution in [1.82, 2.24) is 0 Å². The van der Waals surface area contributed by atoms with Gasteiger partial charge in [0.1, 0.15) is 0 Å². The molecule has 3 nitrogen and oxygen atoms in total. The molecule has 0 unspecified atom stereocenters.